The highest BCUT2D eigenvalue weighted by atomic mass is 16.3. The maximum Gasteiger partial charge on any atom is 0.198 e. The molecule has 1 aromatic carbocycles. The average molecular weight is 256 g/mol. The minimum Gasteiger partial charge on any atom is -0.440 e. The van der Waals surface area contributed by atoms with Crippen molar-refractivity contribution in [3.63, 3.8) is 0 Å². The standard InChI is InChI=1S/C16H20N2O/c1-10-3-2-4-13(10)17-12-7-8-15-14(9-12)18-16(19-15)11-5-6-11/h7-11,13,17H,2-6H2,1H3. The maximum atomic E-state index is 5.80. The lowest BCUT2D eigenvalue weighted by atomic mass is 10.1. The van der Waals surface area contributed by atoms with E-state index in [2.05, 4.69) is 35.4 Å². The van der Waals surface area contributed by atoms with Crippen LogP contribution >= 0.6 is 0 Å². The van der Waals surface area contributed by atoms with E-state index in [1.54, 1.807) is 0 Å². The highest BCUT2D eigenvalue weighted by Crippen LogP contribution is 2.40. The molecule has 2 aromatic rings. The summed E-state index contributed by atoms with van der Waals surface area (Å²) in [5.74, 6) is 2.29. The Balaban J connectivity index is 1.60. The van der Waals surface area contributed by atoms with Crippen LogP contribution < -0.4 is 5.32 Å². The van der Waals surface area contributed by atoms with Crippen molar-refractivity contribution in [2.75, 3.05) is 5.32 Å². The van der Waals surface area contributed by atoms with E-state index in [1.165, 1.54) is 37.8 Å². The lowest BCUT2D eigenvalue weighted by Crippen LogP contribution is -2.21. The molecule has 2 aliphatic carbocycles. The Hall–Kier alpha value is -1.51. The van der Waals surface area contributed by atoms with Crippen molar-refractivity contribution in [2.45, 2.75) is 51.0 Å². The van der Waals surface area contributed by atoms with Crippen molar-refractivity contribution in [1.29, 1.82) is 0 Å². The van der Waals surface area contributed by atoms with Crippen molar-refractivity contribution >= 4 is 16.8 Å². The molecule has 0 spiro atoms. The quantitative estimate of drug-likeness (QED) is 0.889. The van der Waals surface area contributed by atoms with Crippen molar-refractivity contribution in [1.82, 2.24) is 4.98 Å². The second-order valence-corrected chi connectivity index (χ2v) is 6.17. The fourth-order valence-corrected chi connectivity index (χ4v) is 3.11. The smallest absolute Gasteiger partial charge is 0.198 e. The Morgan fingerprint density at radius 2 is 2.11 bits per heavy atom. The van der Waals surface area contributed by atoms with Crippen molar-refractivity contribution in [3.8, 4) is 0 Å². The summed E-state index contributed by atoms with van der Waals surface area (Å²) in [6.45, 7) is 2.34. The van der Waals surface area contributed by atoms with Crippen molar-refractivity contribution in [3.05, 3.63) is 24.1 Å². The summed E-state index contributed by atoms with van der Waals surface area (Å²) in [5, 5.41) is 3.66. The van der Waals surface area contributed by atoms with Crippen molar-refractivity contribution in [2.24, 2.45) is 5.92 Å². The highest BCUT2D eigenvalue weighted by Gasteiger charge is 2.29. The molecule has 2 unspecified atom stereocenters. The maximum absolute atomic E-state index is 5.80. The molecule has 19 heavy (non-hydrogen) atoms. The summed E-state index contributed by atoms with van der Waals surface area (Å²) < 4.78 is 5.80. The number of hydrogen-bond acceptors (Lipinski definition) is 3. The first-order chi connectivity index (χ1) is 9.29. The zero-order valence-electron chi connectivity index (χ0n) is 11.4. The summed E-state index contributed by atoms with van der Waals surface area (Å²) in [7, 11) is 0. The second kappa shape index (κ2) is 4.26. The average Bonchev–Trinajstić information content (AvgIpc) is 3.06. The molecule has 0 amide bonds. The Labute approximate surface area is 113 Å². The third-order valence-corrected chi connectivity index (χ3v) is 4.54. The topological polar surface area (TPSA) is 38.1 Å². The van der Waals surface area contributed by atoms with Gasteiger partial charge in [-0.2, -0.15) is 0 Å². The largest absolute Gasteiger partial charge is 0.440 e. The normalized spacial score (nSPS) is 27.0. The zero-order valence-corrected chi connectivity index (χ0v) is 11.4. The van der Waals surface area contributed by atoms with Gasteiger partial charge in [-0.25, -0.2) is 4.98 Å². The fraction of sp³-hybridized carbons (Fsp3) is 0.562. The molecule has 1 heterocycles. The van der Waals surface area contributed by atoms with Crippen molar-refractivity contribution < 1.29 is 4.42 Å². The van der Waals surface area contributed by atoms with E-state index in [0.717, 1.165) is 22.9 Å². The van der Waals surface area contributed by atoms with Gasteiger partial charge in [0.05, 0.1) is 0 Å². The summed E-state index contributed by atoms with van der Waals surface area (Å²) in [6, 6.07) is 6.92. The first-order valence-electron chi connectivity index (χ1n) is 7.46. The molecule has 3 nitrogen and oxygen atoms in total. The van der Waals surface area contributed by atoms with E-state index in [0.29, 0.717) is 12.0 Å². The molecule has 1 N–H and O–H groups in total. The minimum absolute atomic E-state index is 0.582. The second-order valence-electron chi connectivity index (χ2n) is 6.17. The number of nitrogens with one attached hydrogen (secondary N) is 1. The molecule has 4 rings (SSSR count). The van der Waals surface area contributed by atoms with E-state index < -0.39 is 0 Å². The van der Waals surface area contributed by atoms with Crippen LogP contribution in [0.3, 0.4) is 0 Å². The summed E-state index contributed by atoms with van der Waals surface area (Å²) >= 11 is 0. The lowest BCUT2D eigenvalue weighted by Gasteiger charge is -2.18. The molecule has 3 heteroatoms. The predicted molar refractivity (Wildman–Crippen MR) is 76.4 cm³/mol. The van der Waals surface area contributed by atoms with Gasteiger partial charge in [0.15, 0.2) is 11.5 Å². The third-order valence-electron chi connectivity index (χ3n) is 4.54. The van der Waals surface area contributed by atoms with E-state index in [9.17, 15) is 0 Å². The molecule has 100 valence electrons. The summed E-state index contributed by atoms with van der Waals surface area (Å²) in [4.78, 5) is 4.62. The van der Waals surface area contributed by atoms with Gasteiger partial charge in [-0.1, -0.05) is 13.3 Å². The third kappa shape index (κ3) is 2.11. The fourth-order valence-electron chi connectivity index (χ4n) is 3.11. The number of fused-ring (bicyclic) bond motifs is 1. The van der Waals surface area contributed by atoms with Gasteiger partial charge in [-0.3, -0.25) is 0 Å². The SMILES string of the molecule is CC1CCCC1Nc1ccc2oc(C3CC3)nc2c1. The first kappa shape index (κ1) is 11.3. The van der Waals surface area contributed by atoms with E-state index >= 15 is 0 Å². The summed E-state index contributed by atoms with van der Waals surface area (Å²) in [6.07, 6.45) is 6.44. The Kier molecular flexibility index (Phi) is 2.54. The van der Waals surface area contributed by atoms with Gasteiger partial charge >= 0.3 is 0 Å². The molecule has 1 aromatic heterocycles. The van der Waals surface area contributed by atoms with Gasteiger partial charge in [-0.05, 0) is 49.8 Å². The van der Waals surface area contributed by atoms with Crippen LogP contribution in [0.15, 0.2) is 22.6 Å². The molecule has 2 aliphatic rings. The highest BCUT2D eigenvalue weighted by molar-refractivity contribution is 5.77. The van der Waals surface area contributed by atoms with E-state index in [4.69, 9.17) is 4.42 Å². The van der Waals surface area contributed by atoms with Gasteiger partial charge < -0.3 is 9.73 Å². The van der Waals surface area contributed by atoms with E-state index in [-0.39, 0.29) is 0 Å². The van der Waals surface area contributed by atoms with Gasteiger partial charge in [0, 0.05) is 17.6 Å². The molecular formula is C16H20N2O. The van der Waals surface area contributed by atoms with Gasteiger partial charge in [-0.15, -0.1) is 0 Å². The zero-order chi connectivity index (χ0) is 12.8. The number of nitrogens with zero attached hydrogens (tertiary/aromatic N) is 1. The number of aromatic nitrogens is 1. The molecular weight excluding hydrogens is 236 g/mol. The van der Waals surface area contributed by atoms with Crippen LogP contribution in [0.5, 0.6) is 0 Å². The van der Waals surface area contributed by atoms with E-state index in [1.807, 2.05) is 0 Å². The molecule has 2 fully saturated rings. The van der Waals surface area contributed by atoms with Crippen LogP contribution in [0.25, 0.3) is 11.1 Å². The van der Waals surface area contributed by atoms with Crippen LogP contribution in [-0.4, -0.2) is 11.0 Å². The van der Waals surface area contributed by atoms with Crippen LogP contribution in [0.4, 0.5) is 5.69 Å². The number of benzene rings is 1. The minimum atomic E-state index is 0.582. The number of anilines is 1. The van der Waals surface area contributed by atoms with Crippen LogP contribution in [0.2, 0.25) is 0 Å². The van der Waals surface area contributed by atoms with Crippen LogP contribution in [0, 0.1) is 5.92 Å². The lowest BCUT2D eigenvalue weighted by molar-refractivity contribution is 0.533. The predicted octanol–water partition coefficient (Wildman–Crippen LogP) is 4.31. The molecule has 0 aliphatic heterocycles. The molecule has 2 saturated carbocycles. The molecule has 2 atom stereocenters. The van der Waals surface area contributed by atoms with Gasteiger partial charge in [0.2, 0.25) is 0 Å². The number of hydrogen-bond donors (Lipinski definition) is 1. The molecule has 0 radical (unpaired) electrons. The first-order valence-corrected chi connectivity index (χ1v) is 7.46. The number of rotatable bonds is 3. The summed E-state index contributed by atoms with van der Waals surface area (Å²) in [5.41, 5.74) is 3.10. The Morgan fingerprint density at radius 3 is 2.84 bits per heavy atom. The van der Waals surface area contributed by atoms with Gasteiger partial charge in [0.1, 0.15) is 5.52 Å². The van der Waals surface area contributed by atoms with Crippen LogP contribution in [-0.2, 0) is 0 Å². The van der Waals surface area contributed by atoms with Crippen LogP contribution in [0.1, 0.15) is 50.8 Å². The number of oxazole rings is 1. The molecule has 0 saturated heterocycles. The van der Waals surface area contributed by atoms with Gasteiger partial charge in [0.25, 0.3) is 0 Å². The Bertz CT molecular complexity index is 600. The Morgan fingerprint density at radius 1 is 1.21 bits per heavy atom. The monoisotopic (exact) mass is 256 g/mol. The molecule has 0 bridgehead atoms.